The molecule has 5 nitrogen and oxygen atoms in total. The van der Waals surface area contributed by atoms with Crippen LogP contribution in [0.3, 0.4) is 0 Å². The van der Waals surface area contributed by atoms with E-state index in [1.165, 1.54) is 0 Å². The molecule has 0 saturated heterocycles. The van der Waals surface area contributed by atoms with Crippen molar-refractivity contribution in [2.24, 2.45) is 0 Å². The molecule has 0 saturated carbocycles. The third kappa shape index (κ3) is 7.98. The highest BCUT2D eigenvalue weighted by Gasteiger charge is 2.27. The van der Waals surface area contributed by atoms with Crippen LogP contribution in [0.15, 0.2) is 0 Å². The number of hydrogen-bond donors (Lipinski definition) is 0. The van der Waals surface area contributed by atoms with E-state index in [1.54, 1.807) is 18.7 Å². The molecule has 0 radical (unpaired) electrons. The van der Waals surface area contributed by atoms with Crippen LogP contribution in [-0.2, 0) is 18.4 Å². The quantitative estimate of drug-likeness (QED) is 0.546. The van der Waals surface area contributed by atoms with E-state index in [2.05, 4.69) is 0 Å². The average molecular weight is 311 g/mol. The number of rotatable bonds is 11. The predicted molar refractivity (Wildman–Crippen MR) is 80.5 cm³/mol. The van der Waals surface area contributed by atoms with E-state index in [-0.39, 0.29) is 11.7 Å². The molecule has 114 valence electrons. The van der Waals surface area contributed by atoms with Crippen LogP contribution < -0.4 is 0 Å². The highest BCUT2D eigenvalue weighted by molar-refractivity contribution is 8.55. The first-order chi connectivity index (χ1) is 9.02. The Morgan fingerprint density at radius 2 is 1.53 bits per heavy atom. The van der Waals surface area contributed by atoms with Crippen molar-refractivity contribution in [3.05, 3.63) is 0 Å². The van der Waals surface area contributed by atoms with Gasteiger partial charge in [0.1, 0.15) is 0 Å². The van der Waals surface area contributed by atoms with Gasteiger partial charge >= 0.3 is 6.80 Å². The second-order valence-corrected chi connectivity index (χ2v) is 8.01. The van der Waals surface area contributed by atoms with Crippen LogP contribution >= 0.6 is 18.2 Å². The molecule has 0 aromatic rings. The Kier molecular flexibility index (Phi) is 10.7. The van der Waals surface area contributed by atoms with Gasteiger partial charge in [0.05, 0.1) is 19.0 Å². The van der Waals surface area contributed by atoms with E-state index in [9.17, 15) is 9.36 Å². The standard InChI is InChI=1S/C12H26NO4PS/c1-5-9-13(10-6-2)12(14)11-19-18(15,16-7-3)17-8-4/h5-11H2,1-4H3. The third-order valence-corrected chi connectivity index (χ3v) is 6.07. The molecule has 0 N–H and O–H groups in total. The molecular weight excluding hydrogens is 285 g/mol. The lowest BCUT2D eigenvalue weighted by molar-refractivity contribution is -0.128. The molecular formula is C12H26NO4PS. The molecule has 0 rings (SSSR count). The van der Waals surface area contributed by atoms with E-state index in [1.807, 2.05) is 13.8 Å². The number of amides is 1. The highest BCUT2D eigenvalue weighted by Crippen LogP contribution is 2.60. The van der Waals surface area contributed by atoms with Gasteiger partial charge in [-0.05, 0) is 38.1 Å². The molecule has 0 aromatic heterocycles. The maximum absolute atomic E-state index is 12.2. The zero-order valence-corrected chi connectivity index (χ0v) is 14.1. The highest BCUT2D eigenvalue weighted by atomic mass is 32.7. The third-order valence-electron chi connectivity index (χ3n) is 2.26. The summed E-state index contributed by atoms with van der Waals surface area (Å²) >= 11 is 0.981. The van der Waals surface area contributed by atoms with Gasteiger partial charge in [-0.3, -0.25) is 4.79 Å². The van der Waals surface area contributed by atoms with E-state index < -0.39 is 6.80 Å². The van der Waals surface area contributed by atoms with E-state index in [0.717, 1.165) is 37.3 Å². The lowest BCUT2D eigenvalue weighted by Crippen LogP contribution is -2.33. The van der Waals surface area contributed by atoms with Crippen molar-refractivity contribution in [1.82, 2.24) is 4.90 Å². The fourth-order valence-electron chi connectivity index (χ4n) is 1.55. The molecule has 0 aliphatic heterocycles. The van der Waals surface area contributed by atoms with Crippen LogP contribution in [0, 0.1) is 0 Å². The molecule has 1 amide bonds. The summed E-state index contributed by atoms with van der Waals surface area (Å²) in [7, 11) is 0. The van der Waals surface area contributed by atoms with Crippen LogP contribution in [0.2, 0.25) is 0 Å². The predicted octanol–water partition coefficient (Wildman–Crippen LogP) is 3.55. The van der Waals surface area contributed by atoms with Gasteiger partial charge in [0, 0.05) is 13.1 Å². The summed E-state index contributed by atoms with van der Waals surface area (Å²) in [4.78, 5) is 13.9. The summed E-state index contributed by atoms with van der Waals surface area (Å²) in [6.07, 6.45) is 1.84. The summed E-state index contributed by atoms with van der Waals surface area (Å²) < 4.78 is 22.5. The summed E-state index contributed by atoms with van der Waals surface area (Å²) in [5, 5.41) is 0. The van der Waals surface area contributed by atoms with Gasteiger partial charge in [0.2, 0.25) is 5.91 Å². The monoisotopic (exact) mass is 311 g/mol. The SMILES string of the molecule is CCCN(CCC)C(=O)CSP(=O)(OCC)OCC. The van der Waals surface area contributed by atoms with Crippen LogP contribution in [0.5, 0.6) is 0 Å². The molecule has 0 spiro atoms. The average Bonchev–Trinajstić information content (AvgIpc) is 2.36. The normalized spacial score (nSPS) is 11.6. The smallest absolute Gasteiger partial charge is 0.342 e. The second kappa shape index (κ2) is 10.7. The van der Waals surface area contributed by atoms with Crippen LogP contribution in [0.1, 0.15) is 40.5 Å². The van der Waals surface area contributed by atoms with Gasteiger partial charge < -0.3 is 13.9 Å². The molecule has 0 aliphatic rings. The van der Waals surface area contributed by atoms with Crippen LogP contribution in [0.4, 0.5) is 0 Å². The Hall–Kier alpha value is -0.0300. The van der Waals surface area contributed by atoms with Crippen LogP contribution in [-0.4, -0.2) is 42.9 Å². The molecule has 0 unspecified atom stereocenters. The number of hydrogen-bond acceptors (Lipinski definition) is 5. The zero-order valence-electron chi connectivity index (χ0n) is 12.4. The summed E-state index contributed by atoms with van der Waals surface area (Å²) in [5.74, 6) is 0.130. The van der Waals surface area contributed by atoms with Crippen molar-refractivity contribution < 1.29 is 18.4 Å². The first-order valence-corrected chi connectivity index (χ1v) is 9.97. The largest absolute Gasteiger partial charge is 0.389 e. The Labute approximate surface area is 120 Å². The minimum absolute atomic E-state index is 0.00617. The molecule has 19 heavy (non-hydrogen) atoms. The van der Waals surface area contributed by atoms with Crippen molar-refractivity contribution in [2.75, 3.05) is 32.1 Å². The van der Waals surface area contributed by atoms with Crippen molar-refractivity contribution in [1.29, 1.82) is 0 Å². The summed E-state index contributed by atoms with van der Waals surface area (Å²) in [6.45, 7) is 6.50. The van der Waals surface area contributed by atoms with E-state index in [0.29, 0.717) is 13.2 Å². The van der Waals surface area contributed by atoms with Gasteiger partial charge in [-0.1, -0.05) is 13.8 Å². The number of nitrogens with zero attached hydrogens (tertiary/aromatic N) is 1. The first kappa shape index (κ1) is 19.0. The van der Waals surface area contributed by atoms with Gasteiger partial charge in [-0.2, -0.15) is 0 Å². The minimum Gasteiger partial charge on any atom is -0.342 e. The fourth-order valence-corrected chi connectivity index (χ4v) is 4.75. The van der Waals surface area contributed by atoms with Gasteiger partial charge in [-0.25, -0.2) is 4.57 Å². The molecule has 0 heterocycles. The second-order valence-electron chi connectivity index (χ2n) is 3.94. The molecule has 0 aromatic carbocycles. The van der Waals surface area contributed by atoms with Crippen molar-refractivity contribution in [2.45, 2.75) is 40.5 Å². The molecule has 0 fully saturated rings. The van der Waals surface area contributed by atoms with Gasteiger partial charge in [0.15, 0.2) is 0 Å². The maximum Gasteiger partial charge on any atom is 0.389 e. The summed E-state index contributed by atoms with van der Waals surface area (Å²) in [6, 6.07) is 0. The van der Waals surface area contributed by atoms with Gasteiger partial charge in [0.25, 0.3) is 0 Å². The Morgan fingerprint density at radius 1 is 1.05 bits per heavy atom. The van der Waals surface area contributed by atoms with Crippen molar-refractivity contribution in [3.63, 3.8) is 0 Å². The molecule has 0 atom stereocenters. The van der Waals surface area contributed by atoms with Crippen molar-refractivity contribution in [3.8, 4) is 0 Å². The lowest BCUT2D eigenvalue weighted by atomic mass is 10.3. The Balaban J connectivity index is 4.40. The van der Waals surface area contributed by atoms with Crippen molar-refractivity contribution >= 4 is 24.1 Å². The molecule has 7 heteroatoms. The first-order valence-electron chi connectivity index (χ1n) is 6.84. The number of carbonyl (C=O) groups excluding carboxylic acids is 1. The molecule has 0 bridgehead atoms. The summed E-state index contributed by atoms with van der Waals surface area (Å²) in [5.41, 5.74) is 0. The van der Waals surface area contributed by atoms with E-state index in [4.69, 9.17) is 9.05 Å². The lowest BCUT2D eigenvalue weighted by Gasteiger charge is -2.22. The van der Waals surface area contributed by atoms with Gasteiger partial charge in [-0.15, -0.1) is 0 Å². The Bertz CT molecular complexity index is 285. The van der Waals surface area contributed by atoms with E-state index >= 15 is 0 Å². The zero-order chi connectivity index (χ0) is 14.7. The van der Waals surface area contributed by atoms with Crippen LogP contribution in [0.25, 0.3) is 0 Å². The fraction of sp³-hybridized carbons (Fsp3) is 0.917. The maximum atomic E-state index is 12.2. The topological polar surface area (TPSA) is 55.8 Å². The number of carbonyl (C=O) groups is 1. The Morgan fingerprint density at radius 3 is 1.89 bits per heavy atom. The minimum atomic E-state index is -3.18. The molecule has 0 aliphatic carbocycles.